The Labute approximate surface area is 148 Å². The summed E-state index contributed by atoms with van der Waals surface area (Å²) in [6, 6.07) is 1.23. The molecule has 26 heavy (non-hydrogen) atoms. The van der Waals surface area contributed by atoms with Crippen molar-refractivity contribution in [3.05, 3.63) is 29.1 Å². The van der Waals surface area contributed by atoms with Crippen molar-refractivity contribution < 1.29 is 23.6 Å². The van der Waals surface area contributed by atoms with E-state index in [4.69, 9.17) is 5.73 Å². The highest BCUT2D eigenvalue weighted by molar-refractivity contribution is 6.23. The summed E-state index contributed by atoms with van der Waals surface area (Å²) < 4.78 is 14.3. The van der Waals surface area contributed by atoms with Crippen molar-refractivity contribution in [3.63, 3.8) is 0 Å². The van der Waals surface area contributed by atoms with E-state index in [1.807, 2.05) is 0 Å². The number of nitrogens with two attached hydrogens (primary N) is 1. The number of amides is 4. The molecule has 1 aromatic rings. The van der Waals surface area contributed by atoms with Crippen molar-refractivity contribution >= 4 is 29.3 Å². The zero-order valence-corrected chi connectivity index (χ0v) is 14.0. The number of fused-ring (bicyclic) bond motifs is 1. The van der Waals surface area contributed by atoms with Crippen LogP contribution in [0.15, 0.2) is 12.1 Å². The molecule has 0 saturated carbocycles. The Balaban J connectivity index is 1.83. The molecule has 0 radical (unpaired) electrons. The Bertz CT molecular complexity index is 795. The zero-order valence-electron chi connectivity index (χ0n) is 14.0. The number of carbonyl (C=O) groups excluding carboxylic acids is 4. The summed E-state index contributed by atoms with van der Waals surface area (Å²) in [6.45, 7) is 1.01. The third-order valence-electron chi connectivity index (χ3n) is 4.47. The third kappa shape index (κ3) is 3.17. The van der Waals surface area contributed by atoms with Gasteiger partial charge >= 0.3 is 0 Å². The van der Waals surface area contributed by atoms with Crippen molar-refractivity contribution in [1.82, 2.24) is 10.2 Å². The Kier molecular flexibility index (Phi) is 4.99. The number of piperidine rings is 1. The van der Waals surface area contributed by atoms with E-state index in [2.05, 4.69) is 10.6 Å². The fraction of sp³-hybridized carbons (Fsp3) is 0.412. The first-order valence-corrected chi connectivity index (χ1v) is 8.43. The number of carbonyl (C=O) groups is 4. The molecular weight excluding hydrogens is 343 g/mol. The molecule has 2 aliphatic rings. The van der Waals surface area contributed by atoms with E-state index in [0.29, 0.717) is 13.1 Å². The second-order valence-electron chi connectivity index (χ2n) is 6.25. The molecule has 0 aliphatic carbocycles. The predicted molar refractivity (Wildman–Crippen MR) is 89.8 cm³/mol. The number of unbranched alkanes of at least 4 members (excludes halogenated alkanes) is 1. The maximum Gasteiger partial charge on any atom is 0.262 e. The lowest BCUT2D eigenvalue weighted by atomic mass is 10.0. The van der Waals surface area contributed by atoms with Gasteiger partial charge in [0.1, 0.15) is 11.9 Å². The van der Waals surface area contributed by atoms with Gasteiger partial charge in [-0.3, -0.25) is 29.4 Å². The number of nitrogens with zero attached hydrogens (tertiary/aromatic N) is 1. The molecule has 9 heteroatoms. The maximum absolute atomic E-state index is 14.3. The number of benzene rings is 1. The van der Waals surface area contributed by atoms with Gasteiger partial charge in [0.05, 0.1) is 16.8 Å². The quantitative estimate of drug-likeness (QED) is 0.497. The Morgan fingerprint density at radius 2 is 1.85 bits per heavy atom. The summed E-state index contributed by atoms with van der Waals surface area (Å²) in [4.78, 5) is 49.3. The third-order valence-corrected chi connectivity index (χ3v) is 4.47. The lowest BCUT2D eigenvalue weighted by Gasteiger charge is -2.27. The van der Waals surface area contributed by atoms with Crippen LogP contribution in [-0.4, -0.2) is 47.7 Å². The molecule has 1 atom stereocenters. The minimum Gasteiger partial charge on any atom is -0.383 e. The van der Waals surface area contributed by atoms with Crippen LogP contribution in [0.5, 0.6) is 0 Å². The van der Waals surface area contributed by atoms with Gasteiger partial charge in [-0.25, -0.2) is 4.39 Å². The van der Waals surface area contributed by atoms with Crippen LogP contribution in [0.3, 0.4) is 0 Å². The van der Waals surface area contributed by atoms with Gasteiger partial charge in [0, 0.05) is 13.0 Å². The first kappa shape index (κ1) is 18.0. The first-order valence-electron chi connectivity index (χ1n) is 8.43. The molecule has 1 aromatic carbocycles. The number of hydrogen-bond donors (Lipinski definition) is 3. The summed E-state index contributed by atoms with van der Waals surface area (Å²) in [5.41, 5.74) is 5.49. The minimum atomic E-state index is -1.07. The molecule has 1 unspecified atom stereocenters. The van der Waals surface area contributed by atoms with E-state index in [0.717, 1.165) is 23.8 Å². The largest absolute Gasteiger partial charge is 0.383 e. The van der Waals surface area contributed by atoms with E-state index in [9.17, 15) is 23.6 Å². The lowest BCUT2D eigenvalue weighted by molar-refractivity contribution is -0.136. The number of nitrogens with one attached hydrogen (secondary N) is 2. The van der Waals surface area contributed by atoms with Crippen LogP contribution < -0.4 is 16.4 Å². The highest BCUT2D eigenvalue weighted by Crippen LogP contribution is 2.31. The smallest absolute Gasteiger partial charge is 0.262 e. The molecule has 2 heterocycles. The van der Waals surface area contributed by atoms with Crippen LogP contribution in [0.2, 0.25) is 0 Å². The molecule has 8 nitrogen and oxygen atoms in total. The number of halogens is 1. The lowest BCUT2D eigenvalue weighted by Crippen LogP contribution is -2.54. The van der Waals surface area contributed by atoms with Gasteiger partial charge in [0.25, 0.3) is 11.8 Å². The summed E-state index contributed by atoms with van der Waals surface area (Å²) in [7, 11) is 0. The average Bonchev–Trinajstić information content (AvgIpc) is 2.83. The second-order valence-corrected chi connectivity index (χ2v) is 6.25. The molecular formula is C17H19FN4O4. The van der Waals surface area contributed by atoms with E-state index >= 15 is 0 Å². The second kappa shape index (κ2) is 7.20. The topological polar surface area (TPSA) is 122 Å². The number of imide groups is 2. The number of hydrogen-bond acceptors (Lipinski definition) is 6. The van der Waals surface area contributed by atoms with Crippen molar-refractivity contribution in [2.75, 3.05) is 18.4 Å². The number of anilines is 1. The fourth-order valence-electron chi connectivity index (χ4n) is 3.12. The highest BCUT2D eigenvalue weighted by atomic mass is 19.1. The van der Waals surface area contributed by atoms with Crippen molar-refractivity contribution in [2.24, 2.45) is 5.73 Å². The predicted octanol–water partition coefficient (Wildman–Crippen LogP) is 0.378. The molecule has 1 saturated heterocycles. The van der Waals surface area contributed by atoms with Gasteiger partial charge in [-0.15, -0.1) is 0 Å². The molecule has 4 amide bonds. The van der Waals surface area contributed by atoms with Crippen LogP contribution >= 0.6 is 0 Å². The molecule has 0 aromatic heterocycles. The molecule has 138 valence electrons. The summed E-state index contributed by atoms with van der Waals surface area (Å²) in [5.74, 6) is -3.19. The van der Waals surface area contributed by atoms with Crippen molar-refractivity contribution in [3.8, 4) is 0 Å². The Morgan fingerprint density at radius 1 is 1.15 bits per heavy atom. The summed E-state index contributed by atoms with van der Waals surface area (Å²) in [5, 5.41) is 5.00. The van der Waals surface area contributed by atoms with Gasteiger partial charge in [-0.2, -0.15) is 0 Å². The molecule has 1 fully saturated rings. The number of rotatable bonds is 6. The zero-order chi connectivity index (χ0) is 18.8. The summed E-state index contributed by atoms with van der Waals surface area (Å²) in [6.07, 6.45) is 1.61. The monoisotopic (exact) mass is 362 g/mol. The first-order chi connectivity index (χ1) is 12.4. The molecule has 0 bridgehead atoms. The van der Waals surface area contributed by atoms with E-state index in [-0.39, 0.29) is 29.7 Å². The van der Waals surface area contributed by atoms with E-state index in [1.165, 1.54) is 6.07 Å². The standard InChI is InChI=1S/C17H19FN4O4/c18-11-7-9-10(8-12(11)20-6-2-1-5-19)17(26)22(16(9)25)13-3-4-14(23)21-15(13)24/h7-8,13,20H,1-6,19H2,(H,21,23,24). The van der Waals surface area contributed by atoms with Gasteiger partial charge < -0.3 is 11.1 Å². The van der Waals surface area contributed by atoms with Crippen LogP contribution in [0, 0.1) is 5.82 Å². The molecule has 2 aliphatic heterocycles. The SMILES string of the molecule is NCCCCNc1cc2c(cc1F)C(=O)N(C1CCC(=O)NC1=O)C2=O. The van der Waals surface area contributed by atoms with Crippen molar-refractivity contribution in [1.29, 1.82) is 0 Å². The average molecular weight is 362 g/mol. The van der Waals surface area contributed by atoms with Crippen LogP contribution in [0.25, 0.3) is 0 Å². The van der Waals surface area contributed by atoms with Crippen LogP contribution in [0.4, 0.5) is 10.1 Å². The van der Waals surface area contributed by atoms with E-state index < -0.39 is 35.5 Å². The highest BCUT2D eigenvalue weighted by Gasteiger charge is 2.45. The van der Waals surface area contributed by atoms with E-state index in [1.54, 1.807) is 0 Å². The Hall–Kier alpha value is -2.81. The van der Waals surface area contributed by atoms with Crippen LogP contribution in [0.1, 0.15) is 46.4 Å². The minimum absolute atomic E-state index is 0.0339. The van der Waals surface area contributed by atoms with Gasteiger partial charge in [-0.1, -0.05) is 0 Å². The van der Waals surface area contributed by atoms with Crippen molar-refractivity contribution in [2.45, 2.75) is 31.7 Å². The normalized spacial score (nSPS) is 19.6. The van der Waals surface area contributed by atoms with Gasteiger partial charge in [0.2, 0.25) is 11.8 Å². The van der Waals surface area contributed by atoms with Crippen LogP contribution in [-0.2, 0) is 9.59 Å². The fourth-order valence-corrected chi connectivity index (χ4v) is 3.12. The van der Waals surface area contributed by atoms with Gasteiger partial charge in [0.15, 0.2) is 0 Å². The molecule has 3 rings (SSSR count). The Morgan fingerprint density at radius 3 is 2.50 bits per heavy atom. The van der Waals surface area contributed by atoms with Gasteiger partial charge in [-0.05, 0) is 37.9 Å². The maximum atomic E-state index is 14.3. The molecule has 0 spiro atoms. The molecule has 4 N–H and O–H groups in total. The summed E-state index contributed by atoms with van der Waals surface area (Å²) >= 11 is 0.